The normalized spacial score (nSPS) is 26.5. The fourth-order valence-electron chi connectivity index (χ4n) is 4.72. The van der Waals surface area contributed by atoms with E-state index in [-0.39, 0.29) is 23.7 Å². The second-order valence-corrected chi connectivity index (χ2v) is 10.5. The van der Waals surface area contributed by atoms with Crippen LogP contribution in [0.5, 0.6) is 0 Å². The Morgan fingerprint density at radius 3 is 2.53 bits per heavy atom. The van der Waals surface area contributed by atoms with Gasteiger partial charge in [0.1, 0.15) is 17.8 Å². The number of fused-ring (bicyclic) bond motifs is 1. The van der Waals surface area contributed by atoms with Crippen LogP contribution in [0.1, 0.15) is 46.7 Å². The van der Waals surface area contributed by atoms with Crippen LogP contribution in [0, 0.1) is 5.41 Å². The molecule has 2 saturated heterocycles. The highest BCUT2D eigenvalue weighted by Crippen LogP contribution is 2.51. The molecule has 0 aliphatic carbocycles. The van der Waals surface area contributed by atoms with Crippen molar-refractivity contribution in [3.8, 4) is 0 Å². The summed E-state index contributed by atoms with van der Waals surface area (Å²) in [6, 6.07) is -2.07. The quantitative estimate of drug-likeness (QED) is 0.257. The SMILES string of the molecule is CC1(C)C(S)[C@H]2[C@@H](N(C(=O)O)C(C)(C)C)C(=O)N2[C@@H]1C(=O)NCCCn1cc(CO)nn1. The van der Waals surface area contributed by atoms with Gasteiger partial charge in [-0.1, -0.05) is 19.1 Å². The van der Waals surface area contributed by atoms with Crippen molar-refractivity contribution in [3.05, 3.63) is 11.9 Å². The Labute approximate surface area is 192 Å². The fourth-order valence-corrected chi connectivity index (χ4v) is 5.17. The van der Waals surface area contributed by atoms with Gasteiger partial charge in [-0.2, -0.15) is 12.6 Å². The van der Waals surface area contributed by atoms with Crippen LogP contribution >= 0.6 is 12.6 Å². The topological polar surface area (TPSA) is 141 Å². The molecule has 1 aromatic rings. The molecule has 2 aliphatic rings. The molecule has 3 heterocycles. The molecule has 0 spiro atoms. The molecule has 0 aromatic carbocycles. The summed E-state index contributed by atoms with van der Waals surface area (Å²) in [6.45, 7) is 9.70. The zero-order valence-corrected chi connectivity index (χ0v) is 19.9. The highest BCUT2D eigenvalue weighted by atomic mass is 32.1. The van der Waals surface area contributed by atoms with Crippen LogP contribution in [0.4, 0.5) is 4.79 Å². The van der Waals surface area contributed by atoms with E-state index in [1.807, 2.05) is 13.8 Å². The van der Waals surface area contributed by atoms with Crippen molar-refractivity contribution < 1.29 is 24.6 Å². The molecule has 12 heteroatoms. The van der Waals surface area contributed by atoms with Crippen molar-refractivity contribution in [2.45, 2.75) is 83.1 Å². The molecule has 2 aliphatic heterocycles. The molecule has 178 valence electrons. The van der Waals surface area contributed by atoms with Gasteiger partial charge in [0.2, 0.25) is 11.8 Å². The fraction of sp³-hybridized carbons (Fsp3) is 0.750. The van der Waals surface area contributed by atoms with E-state index < -0.39 is 35.2 Å². The monoisotopic (exact) mass is 468 g/mol. The van der Waals surface area contributed by atoms with Crippen LogP contribution in [0.2, 0.25) is 0 Å². The lowest BCUT2D eigenvalue weighted by atomic mass is 9.81. The van der Waals surface area contributed by atoms with Crippen molar-refractivity contribution in [1.29, 1.82) is 0 Å². The van der Waals surface area contributed by atoms with Crippen LogP contribution in [0.3, 0.4) is 0 Å². The molecule has 1 unspecified atom stereocenters. The summed E-state index contributed by atoms with van der Waals surface area (Å²) in [5.74, 6) is -0.646. The first kappa shape index (κ1) is 24.3. The number of carbonyl (C=O) groups excluding carboxylic acids is 2. The third kappa shape index (κ3) is 4.05. The maximum absolute atomic E-state index is 13.1. The number of aliphatic hydroxyl groups excluding tert-OH is 1. The first-order valence-corrected chi connectivity index (χ1v) is 11.1. The number of thiol groups is 1. The molecule has 0 bridgehead atoms. The first-order valence-electron chi connectivity index (χ1n) is 10.6. The number of aromatic nitrogens is 3. The minimum atomic E-state index is -1.17. The Morgan fingerprint density at radius 1 is 1.34 bits per heavy atom. The lowest BCUT2D eigenvalue weighted by Crippen LogP contribution is -2.75. The van der Waals surface area contributed by atoms with E-state index >= 15 is 0 Å². The van der Waals surface area contributed by atoms with Crippen molar-refractivity contribution in [2.24, 2.45) is 5.41 Å². The van der Waals surface area contributed by atoms with E-state index in [4.69, 9.17) is 17.7 Å². The van der Waals surface area contributed by atoms with Crippen molar-refractivity contribution in [1.82, 2.24) is 30.1 Å². The second-order valence-electron chi connectivity index (χ2n) is 9.95. The minimum Gasteiger partial charge on any atom is -0.465 e. The van der Waals surface area contributed by atoms with Gasteiger partial charge in [0.15, 0.2) is 0 Å². The van der Waals surface area contributed by atoms with Gasteiger partial charge in [-0.3, -0.25) is 19.2 Å². The molecular weight excluding hydrogens is 436 g/mol. The Balaban J connectivity index is 1.68. The van der Waals surface area contributed by atoms with E-state index in [2.05, 4.69) is 15.6 Å². The Bertz CT molecular complexity index is 897. The summed E-state index contributed by atoms with van der Waals surface area (Å²) >= 11 is 4.73. The number of carbonyl (C=O) groups is 3. The standard InChI is InChI=1S/C20H32N6O5S/c1-19(2,3)26(18(30)31)13-12-15(32)20(4,5)14(25(12)17(13)29)16(28)21-7-6-8-24-9-11(10-27)22-23-24/h9,12-15,27,32H,6-8,10H2,1-5H3,(H,21,28)(H,30,31)/t12-,13-,14-,15?/m1/s1. The first-order chi connectivity index (χ1) is 14.8. The number of carboxylic acid groups (broad SMARTS) is 1. The summed E-state index contributed by atoms with van der Waals surface area (Å²) in [6.07, 6.45) is 1.06. The average molecular weight is 469 g/mol. The molecule has 0 saturated carbocycles. The molecule has 1 aromatic heterocycles. The number of rotatable bonds is 7. The predicted octanol–water partition coefficient (Wildman–Crippen LogP) is 0.341. The molecule has 2 fully saturated rings. The van der Waals surface area contributed by atoms with Crippen molar-refractivity contribution in [2.75, 3.05) is 6.54 Å². The maximum Gasteiger partial charge on any atom is 0.408 e. The van der Waals surface area contributed by atoms with Gasteiger partial charge in [-0.25, -0.2) is 4.79 Å². The van der Waals surface area contributed by atoms with Gasteiger partial charge in [-0.05, 0) is 27.2 Å². The lowest BCUT2D eigenvalue weighted by Gasteiger charge is -2.52. The zero-order chi connectivity index (χ0) is 24.0. The van der Waals surface area contributed by atoms with Gasteiger partial charge >= 0.3 is 6.09 Å². The Morgan fingerprint density at radius 2 is 2.00 bits per heavy atom. The van der Waals surface area contributed by atoms with E-state index in [9.17, 15) is 19.5 Å². The van der Waals surface area contributed by atoms with Gasteiger partial charge < -0.3 is 20.4 Å². The highest BCUT2D eigenvalue weighted by molar-refractivity contribution is 7.81. The molecule has 3 rings (SSSR count). The summed E-state index contributed by atoms with van der Waals surface area (Å²) in [7, 11) is 0. The van der Waals surface area contributed by atoms with E-state index in [1.54, 1.807) is 31.6 Å². The number of hydrogen-bond donors (Lipinski definition) is 4. The van der Waals surface area contributed by atoms with Crippen LogP contribution in [-0.4, -0.2) is 88.4 Å². The molecule has 3 N–H and O–H groups in total. The number of nitrogens with zero attached hydrogens (tertiary/aromatic N) is 5. The lowest BCUT2D eigenvalue weighted by molar-refractivity contribution is -0.164. The van der Waals surface area contributed by atoms with Crippen molar-refractivity contribution in [3.63, 3.8) is 0 Å². The van der Waals surface area contributed by atoms with Gasteiger partial charge in [0, 0.05) is 29.3 Å². The number of amides is 3. The summed E-state index contributed by atoms with van der Waals surface area (Å²) in [5.41, 5.74) is -0.941. The van der Waals surface area contributed by atoms with Gasteiger partial charge in [0.25, 0.3) is 0 Å². The molecule has 0 radical (unpaired) electrons. The molecule has 32 heavy (non-hydrogen) atoms. The number of hydrogen-bond acceptors (Lipinski definition) is 7. The van der Waals surface area contributed by atoms with Crippen LogP contribution in [-0.2, 0) is 22.7 Å². The Hall–Kier alpha value is -2.34. The number of aliphatic hydroxyl groups is 1. The summed E-state index contributed by atoms with van der Waals surface area (Å²) in [4.78, 5) is 40.8. The summed E-state index contributed by atoms with van der Waals surface area (Å²) < 4.78 is 1.59. The number of aryl methyl sites for hydroxylation is 1. The van der Waals surface area contributed by atoms with Crippen molar-refractivity contribution >= 4 is 30.5 Å². The largest absolute Gasteiger partial charge is 0.465 e. The minimum absolute atomic E-state index is 0.182. The van der Waals surface area contributed by atoms with Crippen LogP contribution in [0.25, 0.3) is 0 Å². The molecule has 3 amide bonds. The average Bonchev–Trinajstić information content (AvgIpc) is 3.21. The second kappa shape index (κ2) is 8.54. The molecule has 4 atom stereocenters. The summed E-state index contributed by atoms with van der Waals surface area (Å²) in [5, 5.41) is 29.0. The zero-order valence-electron chi connectivity index (χ0n) is 19.0. The van der Waals surface area contributed by atoms with Crippen LogP contribution < -0.4 is 5.32 Å². The van der Waals surface area contributed by atoms with E-state index in [0.717, 1.165) is 0 Å². The third-order valence-electron chi connectivity index (χ3n) is 6.29. The van der Waals surface area contributed by atoms with E-state index in [0.29, 0.717) is 25.2 Å². The number of β-lactam (4-membered cyclic amide) rings is 1. The maximum atomic E-state index is 13.1. The molecule has 11 nitrogen and oxygen atoms in total. The third-order valence-corrected chi connectivity index (χ3v) is 7.26. The van der Waals surface area contributed by atoms with Gasteiger partial charge in [-0.15, -0.1) is 5.10 Å². The predicted molar refractivity (Wildman–Crippen MR) is 118 cm³/mol. The highest BCUT2D eigenvalue weighted by Gasteiger charge is 2.69. The smallest absolute Gasteiger partial charge is 0.408 e. The Kier molecular flexibility index (Phi) is 6.49. The van der Waals surface area contributed by atoms with E-state index in [1.165, 1.54) is 9.80 Å². The number of nitrogens with one attached hydrogen (secondary N) is 1. The van der Waals surface area contributed by atoms with Crippen LogP contribution in [0.15, 0.2) is 6.20 Å². The molecular formula is C20H32N6O5S. The van der Waals surface area contributed by atoms with Gasteiger partial charge in [0.05, 0.1) is 18.8 Å².